The Kier molecular flexibility index (Phi) is 3.06. The zero-order chi connectivity index (χ0) is 9.14. The van der Waals surface area contributed by atoms with E-state index in [0.717, 1.165) is 0 Å². The summed E-state index contributed by atoms with van der Waals surface area (Å²) in [4.78, 5) is 0. The first-order valence-electron chi connectivity index (χ1n) is 4.31. The molecule has 66 valence electrons. The van der Waals surface area contributed by atoms with Crippen molar-refractivity contribution in [2.75, 3.05) is 14.1 Å². The third-order valence-corrected chi connectivity index (χ3v) is 3.94. The molecule has 0 fully saturated rings. The van der Waals surface area contributed by atoms with E-state index in [1.165, 1.54) is 11.1 Å². The monoisotopic (exact) mass is 179 g/mol. The molecule has 0 aliphatic heterocycles. The predicted octanol–water partition coefficient (Wildman–Crippen LogP) is 0.574. The van der Waals surface area contributed by atoms with E-state index in [1.54, 1.807) is 5.19 Å². The number of benzene rings is 1. The van der Waals surface area contributed by atoms with E-state index in [0.29, 0.717) is 0 Å². The molecule has 0 heterocycles. The van der Waals surface area contributed by atoms with Crippen LogP contribution in [0.2, 0.25) is 0 Å². The van der Waals surface area contributed by atoms with Crippen LogP contribution < -0.4 is 5.19 Å². The van der Waals surface area contributed by atoms with Gasteiger partial charge >= 0.3 is 0 Å². The molecule has 0 aliphatic rings. The van der Waals surface area contributed by atoms with E-state index in [4.69, 9.17) is 0 Å². The van der Waals surface area contributed by atoms with Crippen LogP contribution >= 0.6 is 0 Å². The first-order chi connectivity index (χ1) is 5.61. The highest BCUT2D eigenvalue weighted by atomic mass is 28.2. The highest BCUT2D eigenvalue weighted by Crippen LogP contribution is 2.01. The van der Waals surface area contributed by atoms with Crippen molar-refractivity contribution in [1.29, 1.82) is 0 Å². The fourth-order valence-electron chi connectivity index (χ4n) is 1.32. The molecular weight excluding hydrogens is 162 g/mol. The van der Waals surface area contributed by atoms with Crippen LogP contribution in [0.5, 0.6) is 0 Å². The number of aryl methyl sites for hydroxylation is 1. The van der Waals surface area contributed by atoms with Gasteiger partial charge in [-0.1, -0.05) is 18.2 Å². The minimum Gasteiger partial charge on any atom is -0.330 e. The maximum absolute atomic E-state index is 2.34. The Hall–Kier alpha value is -0.603. The first kappa shape index (κ1) is 9.48. The summed E-state index contributed by atoms with van der Waals surface area (Å²) in [7, 11) is 4.13. The standard InChI is InChI=1S/C10H17NSi/c1-8-6-5-7-10(9(8)2)12-11(3)4/h5-7H,12H2,1-4H3. The van der Waals surface area contributed by atoms with Crippen LogP contribution in [0.1, 0.15) is 11.1 Å². The molecule has 0 spiro atoms. The summed E-state index contributed by atoms with van der Waals surface area (Å²) in [5, 5.41) is 1.57. The van der Waals surface area contributed by atoms with Crippen molar-refractivity contribution < 1.29 is 0 Å². The average Bonchev–Trinajstić information content (AvgIpc) is 1.98. The van der Waals surface area contributed by atoms with Gasteiger partial charge in [-0.15, -0.1) is 0 Å². The SMILES string of the molecule is Cc1cccc([SiH2]N(C)C)c1C. The Bertz CT molecular complexity index is 269. The average molecular weight is 179 g/mol. The van der Waals surface area contributed by atoms with Crippen molar-refractivity contribution >= 4 is 14.9 Å². The number of hydrogen-bond donors (Lipinski definition) is 0. The molecule has 0 atom stereocenters. The van der Waals surface area contributed by atoms with Crippen molar-refractivity contribution in [3.8, 4) is 0 Å². The van der Waals surface area contributed by atoms with Gasteiger partial charge in [0.1, 0.15) is 9.68 Å². The van der Waals surface area contributed by atoms with Crippen molar-refractivity contribution in [3.05, 3.63) is 29.3 Å². The molecule has 0 amide bonds. The lowest BCUT2D eigenvalue weighted by Gasteiger charge is -2.12. The van der Waals surface area contributed by atoms with Crippen molar-refractivity contribution in [3.63, 3.8) is 0 Å². The molecule has 0 aromatic heterocycles. The summed E-state index contributed by atoms with van der Waals surface area (Å²) >= 11 is 0. The molecule has 0 saturated carbocycles. The van der Waals surface area contributed by atoms with Crippen LogP contribution in [0.25, 0.3) is 0 Å². The lowest BCUT2D eigenvalue weighted by molar-refractivity contribution is 0.669. The van der Waals surface area contributed by atoms with E-state index >= 15 is 0 Å². The van der Waals surface area contributed by atoms with Crippen molar-refractivity contribution in [2.24, 2.45) is 0 Å². The van der Waals surface area contributed by atoms with E-state index in [-0.39, 0.29) is 9.68 Å². The molecule has 2 heteroatoms. The minimum absolute atomic E-state index is 0.194. The molecule has 12 heavy (non-hydrogen) atoms. The third-order valence-electron chi connectivity index (χ3n) is 2.20. The van der Waals surface area contributed by atoms with Crippen LogP contribution in [0.4, 0.5) is 0 Å². The van der Waals surface area contributed by atoms with Gasteiger partial charge in [0, 0.05) is 0 Å². The van der Waals surface area contributed by atoms with E-state index in [9.17, 15) is 0 Å². The number of hydrogen-bond acceptors (Lipinski definition) is 1. The van der Waals surface area contributed by atoms with Gasteiger partial charge in [0.25, 0.3) is 0 Å². The van der Waals surface area contributed by atoms with Gasteiger partial charge < -0.3 is 4.57 Å². The Morgan fingerprint density at radius 3 is 2.42 bits per heavy atom. The topological polar surface area (TPSA) is 3.24 Å². The molecule has 1 aromatic carbocycles. The van der Waals surface area contributed by atoms with E-state index in [1.807, 2.05) is 0 Å². The number of rotatable bonds is 2. The van der Waals surface area contributed by atoms with Crippen LogP contribution in [0, 0.1) is 13.8 Å². The molecule has 1 rings (SSSR count). The molecule has 0 bridgehead atoms. The zero-order valence-corrected chi connectivity index (χ0v) is 9.80. The minimum atomic E-state index is -0.194. The van der Waals surface area contributed by atoms with Gasteiger partial charge in [0.05, 0.1) is 0 Å². The lowest BCUT2D eigenvalue weighted by Crippen LogP contribution is -2.31. The number of nitrogens with zero attached hydrogens (tertiary/aromatic N) is 1. The van der Waals surface area contributed by atoms with Gasteiger partial charge in [-0.3, -0.25) is 0 Å². The van der Waals surface area contributed by atoms with Crippen molar-refractivity contribution in [1.82, 2.24) is 4.57 Å². The van der Waals surface area contributed by atoms with Gasteiger partial charge in [-0.2, -0.15) is 0 Å². The van der Waals surface area contributed by atoms with E-state index in [2.05, 4.69) is 50.7 Å². The summed E-state index contributed by atoms with van der Waals surface area (Å²) in [5.74, 6) is 0. The van der Waals surface area contributed by atoms with Crippen molar-refractivity contribution in [2.45, 2.75) is 13.8 Å². The second kappa shape index (κ2) is 3.87. The second-order valence-corrected chi connectivity index (χ2v) is 5.94. The molecule has 0 radical (unpaired) electrons. The predicted molar refractivity (Wildman–Crippen MR) is 57.8 cm³/mol. The van der Waals surface area contributed by atoms with Crippen LogP contribution in [-0.2, 0) is 0 Å². The molecule has 1 nitrogen and oxygen atoms in total. The zero-order valence-electron chi connectivity index (χ0n) is 8.39. The highest BCUT2D eigenvalue weighted by Gasteiger charge is 2.01. The summed E-state index contributed by atoms with van der Waals surface area (Å²) in [5.41, 5.74) is 2.90. The lowest BCUT2D eigenvalue weighted by atomic mass is 10.1. The maximum Gasteiger partial charge on any atom is 0.127 e. The van der Waals surface area contributed by atoms with Crippen LogP contribution in [-0.4, -0.2) is 28.3 Å². The molecule has 1 aromatic rings. The molecule has 0 saturated heterocycles. The van der Waals surface area contributed by atoms with Gasteiger partial charge in [-0.05, 0) is 44.3 Å². The fraction of sp³-hybridized carbons (Fsp3) is 0.400. The second-order valence-electron chi connectivity index (χ2n) is 3.60. The summed E-state index contributed by atoms with van der Waals surface area (Å²) in [6.45, 7) is 4.41. The van der Waals surface area contributed by atoms with E-state index < -0.39 is 0 Å². The quantitative estimate of drug-likeness (QED) is 0.600. The summed E-state index contributed by atoms with van der Waals surface area (Å²) in [6, 6.07) is 6.60. The highest BCUT2D eigenvalue weighted by molar-refractivity contribution is 6.51. The van der Waals surface area contributed by atoms with Crippen LogP contribution in [0.15, 0.2) is 18.2 Å². The Morgan fingerprint density at radius 1 is 1.17 bits per heavy atom. The maximum atomic E-state index is 2.34. The Morgan fingerprint density at radius 2 is 1.83 bits per heavy atom. The fourth-order valence-corrected chi connectivity index (χ4v) is 2.76. The first-order valence-corrected chi connectivity index (χ1v) is 5.65. The summed E-state index contributed by atoms with van der Waals surface area (Å²) < 4.78 is 2.34. The molecule has 0 N–H and O–H groups in total. The normalized spacial score (nSPS) is 11.8. The van der Waals surface area contributed by atoms with Gasteiger partial charge in [-0.25, -0.2) is 0 Å². The largest absolute Gasteiger partial charge is 0.330 e. The Balaban J connectivity index is 2.92. The van der Waals surface area contributed by atoms with Crippen LogP contribution in [0.3, 0.4) is 0 Å². The van der Waals surface area contributed by atoms with Gasteiger partial charge in [0.15, 0.2) is 0 Å². The molecule has 0 unspecified atom stereocenters. The summed E-state index contributed by atoms with van der Waals surface area (Å²) in [6.07, 6.45) is 0. The molecule has 0 aliphatic carbocycles. The van der Waals surface area contributed by atoms with Gasteiger partial charge in [0.2, 0.25) is 0 Å². The smallest absolute Gasteiger partial charge is 0.127 e. The Labute approximate surface area is 77.3 Å². The third kappa shape index (κ3) is 2.19. The molecular formula is C10H17NSi.